The molecule has 0 aliphatic rings. The van der Waals surface area contributed by atoms with Crippen LogP contribution in [0.1, 0.15) is 36.0 Å². The van der Waals surface area contributed by atoms with Crippen LogP contribution < -0.4 is 5.32 Å². The number of nitrogens with zero attached hydrogens (tertiary/aromatic N) is 1. The van der Waals surface area contributed by atoms with E-state index in [4.69, 9.17) is 0 Å². The van der Waals surface area contributed by atoms with Crippen molar-refractivity contribution in [1.29, 1.82) is 0 Å². The predicted octanol–water partition coefficient (Wildman–Crippen LogP) is 4.51. The molecular formula is C26H27FN2O2. The number of carbonyl (C=O) groups is 2. The van der Waals surface area contributed by atoms with Gasteiger partial charge in [0.2, 0.25) is 11.8 Å². The molecule has 0 aliphatic heterocycles. The summed E-state index contributed by atoms with van der Waals surface area (Å²) in [5.41, 5.74) is 2.41. The second kappa shape index (κ2) is 10.5. The molecule has 0 saturated heterocycles. The monoisotopic (exact) mass is 418 g/mol. The van der Waals surface area contributed by atoms with Crippen molar-refractivity contribution in [2.75, 3.05) is 7.05 Å². The molecule has 3 aromatic carbocycles. The fourth-order valence-corrected chi connectivity index (χ4v) is 3.69. The maximum absolute atomic E-state index is 14.3. The Morgan fingerprint density at radius 3 is 1.90 bits per heavy atom. The minimum Gasteiger partial charge on any atom is -0.357 e. The highest BCUT2D eigenvalue weighted by molar-refractivity contribution is 5.87. The normalized spacial score (nSPS) is 11.7. The fraction of sp³-hybridized carbons (Fsp3) is 0.231. The molecule has 1 N–H and O–H groups in total. The van der Waals surface area contributed by atoms with Crippen LogP contribution in [-0.2, 0) is 16.1 Å². The molecule has 0 fully saturated rings. The van der Waals surface area contributed by atoms with Crippen LogP contribution in [0.25, 0.3) is 0 Å². The van der Waals surface area contributed by atoms with E-state index in [9.17, 15) is 14.0 Å². The molecule has 0 spiro atoms. The summed E-state index contributed by atoms with van der Waals surface area (Å²) < 4.78 is 14.3. The Hall–Kier alpha value is -3.47. The number of likely N-dealkylation sites (N-methyl/N-ethyl adjacent to an activating group) is 1. The Morgan fingerprint density at radius 1 is 0.871 bits per heavy atom. The van der Waals surface area contributed by atoms with Gasteiger partial charge in [-0.2, -0.15) is 0 Å². The first kappa shape index (κ1) is 22.2. The van der Waals surface area contributed by atoms with Gasteiger partial charge in [-0.3, -0.25) is 9.59 Å². The van der Waals surface area contributed by atoms with Gasteiger partial charge in [0.05, 0.1) is 0 Å². The van der Waals surface area contributed by atoms with E-state index in [2.05, 4.69) is 5.32 Å². The molecule has 0 aliphatic carbocycles. The average Bonchev–Trinajstić information content (AvgIpc) is 2.82. The third-order valence-corrected chi connectivity index (χ3v) is 5.49. The number of nitrogens with one attached hydrogen (secondary N) is 1. The van der Waals surface area contributed by atoms with Gasteiger partial charge in [0.1, 0.15) is 11.9 Å². The van der Waals surface area contributed by atoms with Gasteiger partial charge in [-0.15, -0.1) is 0 Å². The van der Waals surface area contributed by atoms with Gasteiger partial charge in [0.15, 0.2) is 0 Å². The maximum Gasteiger partial charge on any atom is 0.242 e. The smallest absolute Gasteiger partial charge is 0.242 e. The van der Waals surface area contributed by atoms with Crippen LogP contribution in [0.4, 0.5) is 4.39 Å². The van der Waals surface area contributed by atoms with E-state index in [1.54, 1.807) is 25.1 Å². The number of benzene rings is 3. The van der Waals surface area contributed by atoms with Gasteiger partial charge in [-0.05, 0) is 24.1 Å². The van der Waals surface area contributed by atoms with Crippen LogP contribution in [0.2, 0.25) is 0 Å². The Morgan fingerprint density at radius 2 is 1.39 bits per heavy atom. The van der Waals surface area contributed by atoms with E-state index in [1.165, 1.54) is 18.0 Å². The van der Waals surface area contributed by atoms with Gasteiger partial charge in [0, 0.05) is 31.5 Å². The van der Waals surface area contributed by atoms with Gasteiger partial charge in [-0.25, -0.2) is 4.39 Å². The highest BCUT2D eigenvalue weighted by Gasteiger charge is 2.29. The first-order valence-electron chi connectivity index (χ1n) is 10.4. The Kier molecular flexibility index (Phi) is 7.55. The zero-order chi connectivity index (χ0) is 22.2. The van der Waals surface area contributed by atoms with E-state index in [1.807, 2.05) is 60.7 Å². The zero-order valence-corrected chi connectivity index (χ0v) is 17.8. The number of rotatable bonds is 8. The van der Waals surface area contributed by atoms with E-state index < -0.39 is 11.9 Å². The molecule has 0 heterocycles. The largest absolute Gasteiger partial charge is 0.357 e. The van der Waals surface area contributed by atoms with Crippen LogP contribution in [0.5, 0.6) is 0 Å². The summed E-state index contributed by atoms with van der Waals surface area (Å²) >= 11 is 0. The lowest BCUT2D eigenvalue weighted by Crippen LogP contribution is -2.47. The number of amides is 2. The second-order valence-corrected chi connectivity index (χ2v) is 7.48. The van der Waals surface area contributed by atoms with E-state index >= 15 is 0 Å². The summed E-state index contributed by atoms with van der Waals surface area (Å²) in [5, 5.41) is 2.59. The van der Waals surface area contributed by atoms with Crippen LogP contribution >= 0.6 is 0 Å². The lowest BCUT2D eigenvalue weighted by atomic mass is 9.88. The van der Waals surface area contributed by atoms with Crippen molar-refractivity contribution >= 4 is 11.8 Å². The van der Waals surface area contributed by atoms with Crippen molar-refractivity contribution in [3.05, 3.63) is 107 Å². The molecule has 0 radical (unpaired) electrons. The molecule has 3 rings (SSSR count). The second-order valence-electron chi connectivity index (χ2n) is 7.48. The number of hydrogen-bond acceptors (Lipinski definition) is 2. The first-order valence-corrected chi connectivity index (χ1v) is 10.4. The SMILES string of the molecule is CNC(=O)C(C)N(Cc1ccccc1F)C(=O)CC(c1ccccc1)c1ccccc1. The summed E-state index contributed by atoms with van der Waals surface area (Å²) in [6.07, 6.45) is 0.170. The number of carbonyl (C=O) groups excluding carboxylic acids is 2. The lowest BCUT2D eigenvalue weighted by molar-refractivity contribution is -0.140. The van der Waals surface area contributed by atoms with Crippen molar-refractivity contribution in [1.82, 2.24) is 10.2 Å². The summed E-state index contributed by atoms with van der Waals surface area (Å²) in [4.78, 5) is 27.3. The average molecular weight is 419 g/mol. The summed E-state index contributed by atoms with van der Waals surface area (Å²) in [7, 11) is 1.53. The van der Waals surface area contributed by atoms with Crippen LogP contribution in [0, 0.1) is 5.82 Å². The molecule has 2 amide bonds. The minimum absolute atomic E-state index is 0.0242. The van der Waals surface area contributed by atoms with Gasteiger partial charge < -0.3 is 10.2 Å². The molecule has 4 nitrogen and oxygen atoms in total. The third kappa shape index (κ3) is 5.57. The van der Waals surface area contributed by atoms with Crippen molar-refractivity contribution in [2.45, 2.75) is 31.8 Å². The lowest BCUT2D eigenvalue weighted by Gasteiger charge is -2.30. The molecule has 5 heteroatoms. The number of hydrogen-bond donors (Lipinski definition) is 1. The number of halogens is 1. The molecule has 0 bridgehead atoms. The topological polar surface area (TPSA) is 49.4 Å². The molecule has 160 valence electrons. The molecule has 0 aromatic heterocycles. The van der Waals surface area contributed by atoms with E-state index in [0.717, 1.165) is 11.1 Å². The zero-order valence-electron chi connectivity index (χ0n) is 17.8. The van der Waals surface area contributed by atoms with E-state index in [0.29, 0.717) is 5.56 Å². The van der Waals surface area contributed by atoms with Crippen molar-refractivity contribution in [3.63, 3.8) is 0 Å². The summed E-state index contributed by atoms with van der Waals surface area (Å²) in [5.74, 6) is -1.07. The minimum atomic E-state index is -0.732. The van der Waals surface area contributed by atoms with Crippen LogP contribution in [-0.4, -0.2) is 29.8 Å². The first-order chi connectivity index (χ1) is 15.0. The third-order valence-electron chi connectivity index (χ3n) is 5.49. The Labute approximate surface area is 182 Å². The van der Waals surface area contributed by atoms with Crippen molar-refractivity contribution < 1.29 is 14.0 Å². The van der Waals surface area contributed by atoms with Gasteiger partial charge in [0.25, 0.3) is 0 Å². The standard InChI is InChI=1S/C26H27FN2O2/c1-19(26(31)28-2)29(18-22-15-9-10-16-24(22)27)25(30)17-23(20-11-5-3-6-12-20)21-13-7-4-8-14-21/h3-16,19,23H,17-18H2,1-2H3,(H,28,31). The van der Waals surface area contributed by atoms with Crippen molar-refractivity contribution in [2.24, 2.45) is 0 Å². The Balaban J connectivity index is 1.93. The molecule has 0 saturated carbocycles. The fourth-order valence-electron chi connectivity index (χ4n) is 3.69. The van der Waals surface area contributed by atoms with Crippen molar-refractivity contribution in [3.8, 4) is 0 Å². The molecule has 31 heavy (non-hydrogen) atoms. The molecule has 3 aromatic rings. The van der Waals surface area contributed by atoms with Crippen LogP contribution in [0.15, 0.2) is 84.9 Å². The summed E-state index contributed by atoms with van der Waals surface area (Å²) in [6.45, 7) is 1.69. The van der Waals surface area contributed by atoms with E-state index in [-0.39, 0.29) is 30.7 Å². The van der Waals surface area contributed by atoms with Gasteiger partial charge >= 0.3 is 0 Å². The maximum atomic E-state index is 14.3. The highest BCUT2D eigenvalue weighted by atomic mass is 19.1. The molecular weight excluding hydrogens is 391 g/mol. The molecule has 1 unspecified atom stereocenters. The Bertz CT molecular complexity index is 969. The van der Waals surface area contributed by atoms with Gasteiger partial charge in [-0.1, -0.05) is 78.9 Å². The molecule has 1 atom stereocenters. The predicted molar refractivity (Wildman–Crippen MR) is 120 cm³/mol. The highest BCUT2D eigenvalue weighted by Crippen LogP contribution is 2.29. The van der Waals surface area contributed by atoms with Crippen LogP contribution in [0.3, 0.4) is 0 Å². The summed E-state index contributed by atoms with van der Waals surface area (Å²) in [6, 6.07) is 25.2. The quantitative estimate of drug-likeness (QED) is 0.585.